The molecule has 2 rings (SSSR count). The minimum absolute atomic E-state index is 0.529. The van der Waals surface area contributed by atoms with Crippen molar-refractivity contribution in [2.24, 2.45) is 0 Å². The van der Waals surface area contributed by atoms with E-state index in [-0.39, 0.29) is 0 Å². The minimum atomic E-state index is 0.529. The van der Waals surface area contributed by atoms with Crippen LogP contribution in [0, 0.1) is 0 Å². The Bertz CT molecular complexity index is 331. The molecule has 66 valence electrons. The molecule has 0 radical (unpaired) electrons. The molecule has 0 N–H and O–H groups in total. The Kier molecular flexibility index (Phi) is 2.26. The molecule has 1 aliphatic carbocycles. The summed E-state index contributed by atoms with van der Waals surface area (Å²) in [6.07, 6.45) is 7.47. The average Bonchev–Trinajstić information content (AvgIpc) is 2.70. The maximum absolute atomic E-state index is 10.8. The first-order valence-electron chi connectivity index (χ1n) is 4.61. The maximum Gasteiger partial charge on any atom is 0.150 e. The first-order chi connectivity index (χ1) is 6.42. The third-order valence-corrected chi connectivity index (χ3v) is 2.57. The quantitative estimate of drug-likeness (QED) is 0.495. The highest BCUT2D eigenvalue weighted by molar-refractivity contribution is 5.77. The minimum Gasteiger partial charge on any atom is -0.298 e. The summed E-state index contributed by atoms with van der Waals surface area (Å²) in [5.74, 6) is 0.529. The topological polar surface area (TPSA) is 17.1 Å². The summed E-state index contributed by atoms with van der Waals surface area (Å²) in [5.41, 5.74) is 2.04. The van der Waals surface area contributed by atoms with Crippen LogP contribution in [-0.2, 0) is 0 Å². The molecule has 1 aromatic rings. The van der Waals surface area contributed by atoms with E-state index in [9.17, 15) is 4.79 Å². The van der Waals surface area contributed by atoms with Gasteiger partial charge in [0.1, 0.15) is 6.29 Å². The van der Waals surface area contributed by atoms with Crippen molar-refractivity contribution in [2.75, 3.05) is 0 Å². The Morgan fingerprint density at radius 1 is 1.15 bits per heavy atom. The van der Waals surface area contributed by atoms with Gasteiger partial charge in [0.05, 0.1) is 0 Å². The normalized spacial score (nSPS) is 16.3. The first kappa shape index (κ1) is 8.24. The van der Waals surface area contributed by atoms with E-state index >= 15 is 0 Å². The summed E-state index contributed by atoms with van der Waals surface area (Å²) < 4.78 is 0. The van der Waals surface area contributed by atoms with Gasteiger partial charge in [0.2, 0.25) is 0 Å². The molecule has 0 spiro atoms. The Morgan fingerprint density at radius 3 is 2.54 bits per heavy atom. The number of hydrogen-bond acceptors (Lipinski definition) is 1. The Hall–Kier alpha value is -1.37. The monoisotopic (exact) mass is 172 g/mol. The highest BCUT2D eigenvalue weighted by Crippen LogP contribution is 2.30. The molecular weight excluding hydrogens is 160 g/mol. The lowest BCUT2D eigenvalue weighted by atomic mass is 9.93. The largest absolute Gasteiger partial charge is 0.298 e. The second kappa shape index (κ2) is 3.56. The van der Waals surface area contributed by atoms with Gasteiger partial charge in [0.15, 0.2) is 0 Å². The van der Waals surface area contributed by atoms with Crippen LogP contribution in [0.5, 0.6) is 0 Å². The van der Waals surface area contributed by atoms with E-state index < -0.39 is 0 Å². The summed E-state index contributed by atoms with van der Waals surface area (Å²) >= 11 is 0. The standard InChI is InChI=1S/C12H12O/c13-9-11-7-3-4-8-12(11)10-5-1-2-6-10/h1-4,7-10H,5-6H2. The summed E-state index contributed by atoms with van der Waals surface area (Å²) in [6, 6.07) is 7.86. The van der Waals surface area contributed by atoms with Crippen molar-refractivity contribution < 1.29 is 4.79 Å². The molecular formula is C12H12O. The Morgan fingerprint density at radius 2 is 1.85 bits per heavy atom. The van der Waals surface area contributed by atoms with E-state index in [0.717, 1.165) is 24.7 Å². The van der Waals surface area contributed by atoms with Gasteiger partial charge in [-0.15, -0.1) is 0 Å². The van der Waals surface area contributed by atoms with Crippen LogP contribution in [0.25, 0.3) is 0 Å². The Balaban J connectivity index is 2.32. The number of benzene rings is 1. The van der Waals surface area contributed by atoms with Crippen LogP contribution in [0.1, 0.15) is 34.7 Å². The zero-order valence-electron chi connectivity index (χ0n) is 7.44. The van der Waals surface area contributed by atoms with Gasteiger partial charge in [-0.25, -0.2) is 0 Å². The number of aldehydes is 1. The molecule has 13 heavy (non-hydrogen) atoms. The third-order valence-electron chi connectivity index (χ3n) is 2.57. The van der Waals surface area contributed by atoms with E-state index in [1.807, 2.05) is 18.2 Å². The zero-order chi connectivity index (χ0) is 9.10. The summed E-state index contributed by atoms with van der Waals surface area (Å²) in [6.45, 7) is 0. The molecule has 0 saturated carbocycles. The van der Waals surface area contributed by atoms with Crippen LogP contribution in [0.15, 0.2) is 36.4 Å². The van der Waals surface area contributed by atoms with Crippen molar-refractivity contribution in [1.82, 2.24) is 0 Å². The molecule has 0 atom stereocenters. The van der Waals surface area contributed by atoms with E-state index in [1.165, 1.54) is 5.56 Å². The van der Waals surface area contributed by atoms with Crippen LogP contribution in [0.2, 0.25) is 0 Å². The lowest BCUT2D eigenvalue weighted by Crippen LogP contribution is -1.97. The summed E-state index contributed by atoms with van der Waals surface area (Å²) in [4.78, 5) is 10.8. The van der Waals surface area contributed by atoms with Crippen molar-refractivity contribution in [3.63, 3.8) is 0 Å². The molecule has 0 heterocycles. The van der Waals surface area contributed by atoms with Crippen molar-refractivity contribution in [3.8, 4) is 0 Å². The predicted octanol–water partition coefficient (Wildman–Crippen LogP) is 2.93. The SMILES string of the molecule is O=Cc1ccccc1C1CC=CC1. The second-order valence-corrected chi connectivity index (χ2v) is 3.39. The van der Waals surface area contributed by atoms with E-state index in [1.54, 1.807) is 0 Å². The molecule has 0 aliphatic heterocycles. The molecule has 1 nitrogen and oxygen atoms in total. The van der Waals surface area contributed by atoms with Gasteiger partial charge in [-0.3, -0.25) is 4.79 Å². The van der Waals surface area contributed by atoms with Crippen LogP contribution in [0.4, 0.5) is 0 Å². The van der Waals surface area contributed by atoms with Crippen LogP contribution < -0.4 is 0 Å². The fourth-order valence-corrected chi connectivity index (χ4v) is 1.86. The molecule has 0 aromatic heterocycles. The molecule has 1 aromatic carbocycles. The van der Waals surface area contributed by atoms with Gasteiger partial charge in [0, 0.05) is 5.56 Å². The van der Waals surface area contributed by atoms with Gasteiger partial charge >= 0.3 is 0 Å². The summed E-state index contributed by atoms with van der Waals surface area (Å²) in [5, 5.41) is 0. The fourth-order valence-electron chi connectivity index (χ4n) is 1.86. The molecule has 0 saturated heterocycles. The second-order valence-electron chi connectivity index (χ2n) is 3.39. The van der Waals surface area contributed by atoms with Gasteiger partial charge < -0.3 is 0 Å². The smallest absolute Gasteiger partial charge is 0.150 e. The first-order valence-corrected chi connectivity index (χ1v) is 4.61. The molecule has 0 unspecified atom stereocenters. The lowest BCUT2D eigenvalue weighted by molar-refractivity contribution is 0.112. The number of allylic oxidation sites excluding steroid dienone is 2. The van der Waals surface area contributed by atoms with Crippen molar-refractivity contribution in [3.05, 3.63) is 47.5 Å². The maximum atomic E-state index is 10.8. The number of carbonyl (C=O) groups excluding carboxylic acids is 1. The highest BCUT2D eigenvalue weighted by atomic mass is 16.1. The molecule has 1 aliphatic rings. The fraction of sp³-hybridized carbons (Fsp3) is 0.250. The third kappa shape index (κ3) is 1.55. The number of hydrogen-bond donors (Lipinski definition) is 0. The van der Waals surface area contributed by atoms with Crippen LogP contribution in [-0.4, -0.2) is 6.29 Å². The number of rotatable bonds is 2. The average molecular weight is 172 g/mol. The summed E-state index contributed by atoms with van der Waals surface area (Å²) in [7, 11) is 0. The van der Waals surface area contributed by atoms with E-state index in [0.29, 0.717) is 5.92 Å². The van der Waals surface area contributed by atoms with Crippen molar-refractivity contribution in [2.45, 2.75) is 18.8 Å². The molecule has 0 amide bonds. The zero-order valence-corrected chi connectivity index (χ0v) is 7.44. The number of carbonyl (C=O) groups is 1. The van der Waals surface area contributed by atoms with Crippen LogP contribution >= 0.6 is 0 Å². The predicted molar refractivity (Wildman–Crippen MR) is 52.9 cm³/mol. The molecule has 0 fully saturated rings. The lowest BCUT2D eigenvalue weighted by Gasteiger charge is -2.11. The van der Waals surface area contributed by atoms with Gasteiger partial charge in [-0.05, 0) is 24.3 Å². The van der Waals surface area contributed by atoms with Gasteiger partial charge in [-0.2, -0.15) is 0 Å². The van der Waals surface area contributed by atoms with E-state index in [4.69, 9.17) is 0 Å². The Labute approximate surface area is 78.1 Å². The van der Waals surface area contributed by atoms with E-state index in [2.05, 4.69) is 18.2 Å². The van der Waals surface area contributed by atoms with Gasteiger partial charge in [-0.1, -0.05) is 36.4 Å². The van der Waals surface area contributed by atoms with Crippen molar-refractivity contribution in [1.29, 1.82) is 0 Å². The molecule has 1 heteroatoms. The van der Waals surface area contributed by atoms with Crippen molar-refractivity contribution >= 4 is 6.29 Å². The molecule has 0 bridgehead atoms. The van der Waals surface area contributed by atoms with Crippen LogP contribution in [0.3, 0.4) is 0 Å². The highest BCUT2D eigenvalue weighted by Gasteiger charge is 2.15. The van der Waals surface area contributed by atoms with Gasteiger partial charge in [0.25, 0.3) is 0 Å².